The zero-order chi connectivity index (χ0) is 17.5. The van der Waals surface area contributed by atoms with Crippen LogP contribution in [0.25, 0.3) is 0 Å². The molecule has 1 aromatic heterocycles. The molecule has 5 nitrogen and oxygen atoms in total. The predicted molar refractivity (Wildman–Crippen MR) is 99.1 cm³/mol. The monoisotopic (exact) mass is 351 g/mol. The van der Waals surface area contributed by atoms with Crippen LogP contribution in [0.4, 0.5) is 0 Å². The lowest BCUT2D eigenvalue weighted by molar-refractivity contribution is 0.0850. The molecule has 2 fully saturated rings. The summed E-state index contributed by atoms with van der Waals surface area (Å²) < 4.78 is 11.8. The van der Waals surface area contributed by atoms with Gasteiger partial charge in [0, 0.05) is 30.9 Å². The average Bonchev–Trinajstić information content (AvgIpc) is 2.91. The summed E-state index contributed by atoms with van der Waals surface area (Å²) in [6, 6.07) is 14.2. The van der Waals surface area contributed by atoms with Crippen LogP contribution in [0.1, 0.15) is 42.9 Å². The fourth-order valence-electron chi connectivity index (χ4n) is 4.70. The Kier molecular flexibility index (Phi) is 4.06. The minimum atomic E-state index is -0.101. The third-order valence-corrected chi connectivity index (χ3v) is 6.02. The van der Waals surface area contributed by atoms with Crippen molar-refractivity contribution < 1.29 is 9.47 Å². The molecule has 4 heterocycles. The van der Waals surface area contributed by atoms with Gasteiger partial charge in [-0.25, -0.2) is 4.98 Å². The van der Waals surface area contributed by atoms with Crippen LogP contribution in [-0.2, 0) is 6.54 Å². The first-order valence-corrected chi connectivity index (χ1v) is 9.61. The maximum Gasteiger partial charge on any atom is 0.257 e. The number of nitrogens with zero attached hydrogens (tertiary/aromatic N) is 2. The maximum atomic E-state index is 6.19. The molecule has 2 N–H and O–H groups in total. The van der Waals surface area contributed by atoms with Gasteiger partial charge in [-0.3, -0.25) is 4.90 Å². The van der Waals surface area contributed by atoms with E-state index < -0.39 is 0 Å². The molecule has 0 radical (unpaired) electrons. The normalized spacial score (nSPS) is 30.3. The van der Waals surface area contributed by atoms with Crippen LogP contribution in [-0.4, -0.2) is 34.6 Å². The first-order chi connectivity index (χ1) is 12.8. The average molecular weight is 351 g/mol. The highest BCUT2D eigenvalue weighted by Gasteiger charge is 2.39. The van der Waals surface area contributed by atoms with E-state index in [0.29, 0.717) is 30.6 Å². The van der Waals surface area contributed by atoms with E-state index in [2.05, 4.69) is 34.1 Å². The number of ether oxygens (including phenoxy) is 2. The quantitative estimate of drug-likeness (QED) is 0.921. The third kappa shape index (κ3) is 2.95. The number of aromatic nitrogens is 1. The van der Waals surface area contributed by atoms with Crippen molar-refractivity contribution in [2.75, 3.05) is 6.61 Å². The summed E-state index contributed by atoms with van der Waals surface area (Å²) in [6.45, 7) is 1.54. The van der Waals surface area contributed by atoms with Crippen molar-refractivity contribution in [3.8, 4) is 11.6 Å². The fourth-order valence-corrected chi connectivity index (χ4v) is 4.70. The van der Waals surface area contributed by atoms with Crippen molar-refractivity contribution >= 4 is 0 Å². The standard InChI is InChI=1S/C21H25N3O2/c22-16-10-17-7-8-18(11-16)24(17)12-14-3-5-15(6-4-14)20-13-25-19-2-1-9-23-21(19)26-20/h1-6,9,16-18,20H,7-8,10-13,22H2/t16-,17+,18-,20-/m1/s1. The van der Waals surface area contributed by atoms with E-state index in [1.165, 1.54) is 18.4 Å². The molecule has 5 heteroatoms. The number of pyridine rings is 1. The molecule has 2 saturated heterocycles. The highest BCUT2D eigenvalue weighted by Crippen LogP contribution is 2.37. The highest BCUT2D eigenvalue weighted by atomic mass is 16.6. The van der Waals surface area contributed by atoms with Gasteiger partial charge in [0.15, 0.2) is 11.9 Å². The van der Waals surface area contributed by atoms with Gasteiger partial charge < -0.3 is 15.2 Å². The summed E-state index contributed by atoms with van der Waals surface area (Å²) in [6.07, 6.45) is 6.52. The second-order valence-corrected chi connectivity index (χ2v) is 7.75. The molecule has 2 bridgehead atoms. The van der Waals surface area contributed by atoms with Crippen molar-refractivity contribution in [3.63, 3.8) is 0 Å². The Bertz CT molecular complexity index is 765. The second-order valence-electron chi connectivity index (χ2n) is 7.75. The van der Waals surface area contributed by atoms with E-state index >= 15 is 0 Å². The number of hydrogen-bond acceptors (Lipinski definition) is 5. The first kappa shape index (κ1) is 16.1. The van der Waals surface area contributed by atoms with Crippen molar-refractivity contribution in [2.24, 2.45) is 5.73 Å². The number of rotatable bonds is 3. The van der Waals surface area contributed by atoms with Gasteiger partial charge in [0.2, 0.25) is 0 Å². The number of piperidine rings is 1. The minimum Gasteiger partial charge on any atom is -0.484 e. The van der Waals surface area contributed by atoms with Gasteiger partial charge in [-0.15, -0.1) is 0 Å². The first-order valence-electron chi connectivity index (χ1n) is 9.61. The van der Waals surface area contributed by atoms with Gasteiger partial charge in [-0.05, 0) is 48.9 Å². The van der Waals surface area contributed by atoms with Crippen LogP contribution in [0.15, 0.2) is 42.6 Å². The number of fused-ring (bicyclic) bond motifs is 3. The zero-order valence-electron chi connectivity index (χ0n) is 14.9. The minimum absolute atomic E-state index is 0.101. The van der Waals surface area contributed by atoms with Crippen LogP contribution in [0.3, 0.4) is 0 Å². The lowest BCUT2D eigenvalue weighted by Crippen LogP contribution is -2.46. The molecule has 5 rings (SSSR count). The van der Waals surface area contributed by atoms with E-state index in [-0.39, 0.29) is 6.10 Å². The van der Waals surface area contributed by atoms with Gasteiger partial charge in [-0.1, -0.05) is 24.3 Å². The molecule has 3 aliphatic heterocycles. The molecule has 1 aromatic carbocycles. The third-order valence-electron chi connectivity index (χ3n) is 6.02. The van der Waals surface area contributed by atoms with Crippen LogP contribution in [0.5, 0.6) is 11.6 Å². The molecular weight excluding hydrogens is 326 g/mol. The van der Waals surface area contributed by atoms with E-state index in [0.717, 1.165) is 30.7 Å². The summed E-state index contributed by atoms with van der Waals surface area (Å²) in [4.78, 5) is 6.92. The Labute approximate surface area is 154 Å². The van der Waals surface area contributed by atoms with Crippen molar-refractivity contribution in [1.82, 2.24) is 9.88 Å². The number of benzene rings is 1. The maximum absolute atomic E-state index is 6.19. The lowest BCUT2D eigenvalue weighted by Gasteiger charge is -2.37. The molecule has 2 aromatic rings. The molecule has 0 aliphatic carbocycles. The summed E-state index contributed by atoms with van der Waals surface area (Å²) >= 11 is 0. The molecule has 3 aliphatic rings. The number of hydrogen-bond donors (Lipinski definition) is 1. The van der Waals surface area contributed by atoms with Gasteiger partial charge in [-0.2, -0.15) is 0 Å². The molecule has 0 saturated carbocycles. The van der Waals surface area contributed by atoms with Gasteiger partial charge in [0.1, 0.15) is 6.61 Å². The van der Waals surface area contributed by atoms with E-state index in [1.54, 1.807) is 6.20 Å². The van der Waals surface area contributed by atoms with Gasteiger partial charge in [0.05, 0.1) is 0 Å². The molecule has 0 amide bonds. The summed E-state index contributed by atoms with van der Waals surface area (Å²) in [7, 11) is 0. The van der Waals surface area contributed by atoms with Crippen LogP contribution in [0, 0.1) is 0 Å². The highest BCUT2D eigenvalue weighted by molar-refractivity contribution is 5.36. The predicted octanol–water partition coefficient (Wildman–Crippen LogP) is 3.05. The van der Waals surface area contributed by atoms with Crippen LogP contribution < -0.4 is 15.2 Å². The van der Waals surface area contributed by atoms with E-state index in [1.807, 2.05) is 12.1 Å². The van der Waals surface area contributed by atoms with Crippen molar-refractivity contribution in [1.29, 1.82) is 0 Å². The molecule has 4 atom stereocenters. The fraction of sp³-hybridized carbons (Fsp3) is 0.476. The summed E-state index contributed by atoms with van der Waals surface area (Å²) in [5.74, 6) is 1.30. The summed E-state index contributed by atoms with van der Waals surface area (Å²) in [5, 5.41) is 0. The SMILES string of the molecule is N[C@H]1C[C@H]2CC[C@@H](C1)N2Cc1ccc([C@H]2COc3cccnc3O2)cc1. The van der Waals surface area contributed by atoms with E-state index in [4.69, 9.17) is 15.2 Å². The Hall–Kier alpha value is -2.11. The van der Waals surface area contributed by atoms with E-state index in [9.17, 15) is 0 Å². The van der Waals surface area contributed by atoms with Crippen LogP contribution >= 0.6 is 0 Å². The summed E-state index contributed by atoms with van der Waals surface area (Å²) in [5.41, 5.74) is 8.68. The Balaban J connectivity index is 1.27. The molecule has 26 heavy (non-hydrogen) atoms. The van der Waals surface area contributed by atoms with Crippen LogP contribution in [0.2, 0.25) is 0 Å². The van der Waals surface area contributed by atoms with Gasteiger partial charge >= 0.3 is 0 Å². The van der Waals surface area contributed by atoms with Gasteiger partial charge in [0.25, 0.3) is 5.88 Å². The lowest BCUT2D eigenvalue weighted by atomic mass is 9.97. The Morgan fingerprint density at radius 1 is 1.08 bits per heavy atom. The number of nitrogens with two attached hydrogens (primary N) is 1. The second kappa shape index (κ2) is 6.56. The molecule has 136 valence electrons. The molecular formula is C21H25N3O2. The Morgan fingerprint density at radius 2 is 1.85 bits per heavy atom. The molecule has 0 spiro atoms. The smallest absolute Gasteiger partial charge is 0.257 e. The van der Waals surface area contributed by atoms with Crippen molar-refractivity contribution in [2.45, 2.75) is 56.5 Å². The topological polar surface area (TPSA) is 60.6 Å². The Morgan fingerprint density at radius 3 is 2.62 bits per heavy atom. The van der Waals surface area contributed by atoms with Crippen molar-refractivity contribution in [3.05, 3.63) is 53.7 Å². The molecule has 0 unspecified atom stereocenters. The largest absolute Gasteiger partial charge is 0.484 e. The zero-order valence-corrected chi connectivity index (χ0v) is 14.9.